The van der Waals surface area contributed by atoms with Crippen LogP contribution >= 0.6 is 35.3 Å². The quantitative estimate of drug-likeness (QED) is 0.298. The van der Waals surface area contributed by atoms with E-state index in [2.05, 4.69) is 58.8 Å². The van der Waals surface area contributed by atoms with Crippen molar-refractivity contribution in [1.82, 2.24) is 25.4 Å². The predicted octanol–water partition coefficient (Wildman–Crippen LogP) is 3.57. The maximum Gasteiger partial charge on any atom is 0.191 e. The number of guanidine groups is 1. The van der Waals surface area contributed by atoms with Gasteiger partial charge in [-0.15, -0.1) is 35.3 Å². The van der Waals surface area contributed by atoms with Gasteiger partial charge in [0.25, 0.3) is 0 Å². The van der Waals surface area contributed by atoms with E-state index in [1.165, 1.54) is 16.0 Å². The van der Waals surface area contributed by atoms with Crippen LogP contribution in [0.15, 0.2) is 53.9 Å². The lowest BCUT2D eigenvalue weighted by molar-refractivity contribution is 0.680. The van der Waals surface area contributed by atoms with Gasteiger partial charge in [-0.3, -0.25) is 4.68 Å². The van der Waals surface area contributed by atoms with Gasteiger partial charge in [0.15, 0.2) is 5.96 Å². The molecule has 2 heterocycles. The Kier molecular flexibility index (Phi) is 8.73. The summed E-state index contributed by atoms with van der Waals surface area (Å²) in [6.45, 7) is 7.00. The Hall–Kier alpha value is -1.94. The lowest BCUT2D eigenvalue weighted by Crippen LogP contribution is -2.36. The summed E-state index contributed by atoms with van der Waals surface area (Å²) in [4.78, 5) is 10.3. The second kappa shape index (κ2) is 11.0. The molecule has 144 valence electrons. The molecule has 0 unspecified atom stereocenters. The molecule has 0 atom stereocenters. The standard InChI is InChI=1S/C19H24N6S.HI/c1-3-20-19(23-13-18-21-11-15(2)26-18)22-12-16-7-4-5-8-17(16)14-25-10-6-9-24-25;/h4-11H,3,12-14H2,1-2H3,(H2,20,22,23);1H. The van der Waals surface area contributed by atoms with Crippen LogP contribution in [-0.2, 0) is 19.6 Å². The molecule has 0 aliphatic heterocycles. The minimum absolute atomic E-state index is 0. The first-order chi connectivity index (χ1) is 12.7. The normalized spacial score (nSPS) is 11.1. The van der Waals surface area contributed by atoms with Crippen LogP contribution < -0.4 is 10.6 Å². The number of aromatic nitrogens is 3. The molecule has 6 nitrogen and oxygen atoms in total. The lowest BCUT2D eigenvalue weighted by atomic mass is 10.1. The van der Waals surface area contributed by atoms with Crippen LogP contribution in [0.5, 0.6) is 0 Å². The zero-order valence-electron chi connectivity index (χ0n) is 15.6. The maximum atomic E-state index is 4.74. The van der Waals surface area contributed by atoms with E-state index in [0.29, 0.717) is 13.1 Å². The number of nitrogens with one attached hydrogen (secondary N) is 2. The summed E-state index contributed by atoms with van der Waals surface area (Å²) in [7, 11) is 0. The highest BCUT2D eigenvalue weighted by molar-refractivity contribution is 14.0. The Morgan fingerprint density at radius 2 is 2.00 bits per heavy atom. The van der Waals surface area contributed by atoms with E-state index >= 15 is 0 Å². The molecule has 0 spiro atoms. The smallest absolute Gasteiger partial charge is 0.191 e. The summed E-state index contributed by atoms with van der Waals surface area (Å²) < 4.78 is 1.93. The molecule has 0 saturated heterocycles. The molecule has 1 aromatic carbocycles. The Labute approximate surface area is 181 Å². The predicted molar refractivity (Wildman–Crippen MR) is 122 cm³/mol. The minimum atomic E-state index is 0. The number of hydrogen-bond donors (Lipinski definition) is 2. The molecule has 0 aliphatic carbocycles. The van der Waals surface area contributed by atoms with Gasteiger partial charge in [0.1, 0.15) is 5.01 Å². The Morgan fingerprint density at radius 3 is 2.67 bits per heavy atom. The summed E-state index contributed by atoms with van der Waals surface area (Å²) in [5.41, 5.74) is 2.43. The van der Waals surface area contributed by atoms with Crippen molar-refractivity contribution in [3.63, 3.8) is 0 Å². The molecular formula is C19H25IN6S. The van der Waals surface area contributed by atoms with Crippen LogP contribution in [-0.4, -0.2) is 27.3 Å². The van der Waals surface area contributed by atoms with E-state index in [-0.39, 0.29) is 24.0 Å². The Morgan fingerprint density at radius 1 is 1.19 bits per heavy atom. The molecule has 3 aromatic rings. The highest BCUT2D eigenvalue weighted by Gasteiger charge is 2.05. The average Bonchev–Trinajstić information content (AvgIpc) is 3.30. The van der Waals surface area contributed by atoms with E-state index in [4.69, 9.17) is 4.99 Å². The van der Waals surface area contributed by atoms with Crippen molar-refractivity contribution in [2.24, 2.45) is 4.99 Å². The van der Waals surface area contributed by atoms with Crippen LogP contribution in [0.2, 0.25) is 0 Å². The Balaban J connectivity index is 0.00000261. The van der Waals surface area contributed by atoms with Gasteiger partial charge in [-0.1, -0.05) is 24.3 Å². The molecular weight excluding hydrogens is 471 g/mol. The number of benzene rings is 1. The second-order valence-corrected chi connectivity index (χ2v) is 7.21. The molecule has 0 aliphatic rings. The second-order valence-electron chi connectivity index (χ2n) is 5.89. The first kappa shape index (κ1) is 21.4. The van der Waals surface area contributed by atoms with Gasteiger partial charge in [-0.25, -0.2) is 9.98 Å². The molecule has 8 heteroatoms. The molecule has 27 heavy (non-hydrogen) atoms. The van der Waals surface area contributed by atoms with E-state index in [0.717, 1.165) is 24.1 Å². The van der Waals surface area contributed by atoms with Crippen molar-refractivity contribution in [2.45, 2.75) is 33.5 Å². The fourth-order valence-corrected chi connectivity index (χ4v) is 3.31. The minimum Gasteiger partial charge on any atom is -0.357 e. The van der Waals surface area contributed by atoms with Crippen molar-refractivity contribution in [3.05, 3.63) is 69.9 Å². The van der Waals surface area contributed by atoms with Crippen LogP contribution in [0.1, 0.15) is 27.9 Å². The number of thiazole rings is 1. The lowest BCUT2D eigenvalue weighted by Gasteiger charge is -2.12. The summed E-state index contributed by atoms with van der Waals surface area (Å²) in [6.07, 6.45) is 5.67. The van der Waals surface area contributed by atoms with Crippen molar-refractivity contribution in [2.75, 3.05) is 6.54 Å². The van der Waals surface area contributed by atoms with Gasteiger partial charge in [0.05, 0.1) is 19.6 Å². The van der Waals surface area contributed by atoms with Gasteiger partial charge >= 0.3 is 0 Å². The monoisotopic (exact) mass is 496 g/mol. The third kappa shape index (κ3) is 6.62. The van der Waals surface area contributed by atoms with Crippen LogP contribution in [0.4, 0.5) is 0 Å². The van der Waals surface area contributed by atoms with Gasteiger partial charge in [0.2, 0.25) is 0 Å². The molecule has 0 saturated carbocycles. The van der Waals surface area contributed by atoms with Gasteiger partial charge in [-0.05, 0) is 31.0 Å². The molecule has 2 aromatic heterocycles. The fraction of sp³-hybridized carbons (Fsp3) is 0.316. The largest absolute Gasteiger partial charge is 0.357 e. The molecule has 0 radical (unpaired) electrons. The summed E-state index contributed by atoms with van der Waals surface area (Å²) in [5.74, 6) is 0.800. The third-order valence-electron chi connectivity index (χ3n) is 3.84. The average molecular weight is 496 g/mol. The van der Waals surface area contributed by atoms with Crippen LogP contribution in [0, 0.1) is 6.92 Å². The first-order valence-electron chi connectivity index (χ1n) is 8.72. The summed E-state index contributed by atoms with van der Waals surface area (Å²) in [6, 6.07) is 10.3. The zero-order chi connectivity index (χ0) is 18.2. The number of nitrogens with zero attached hydrogens (tertiary/aromatic N) is 4. The Bertz CT molecular complexity index is 844. The number of rotatable bonds is 7. The van der Waals surface area contributed by atoms with E-state index in [1.807, 2.05) is 23.1 Å². The number of hydrogen-bond acceptors (Lipinski definition) is 4. The molecule has 2 N–H and O–H groups in total. The highest BCUT2D eigenvalue weighted by Crippen LogP contribution is 2.12. The molecule has 0 amide bonds. The summed E-state index contributed by atoms with van der Waals surface area (Å²) >= 11 is 1.70. The zero-order valence-corrected chi connectivity index (χ0v) is 18.7. The van der Waals surface area contributed by atoms with E-state index < -0.39 is 0 Å². The number of aryl methyl sites for hydroxylation is 1. The topological polar surface area (TPSA) is 67.1 Å². The number of aliphatic imine (C=N–C) groups is 1. The molecule has 0 bridgehead atoms. The van der Waals surface area contributed by atoms with Crippen LogP contribution in [0.25, 0.3) is 0 Å². The third-order valence-corrected chi connectivity index (χ3v) is 4.75. The number of halogens is 1. The SMILES string of the molecule is CCNC(=NCc1ccccc1Cn1cccn1)NCc1ncc(C)s1.I. The van der Waals surface area contributed by atoms with Crippen LogP contribution in [0.3, 0.4) is 0 Å². The molecule has 0 fully saturated rings. The maximum absolute atomic E-state index is 4.74. The van der Waals surface area contributed by atoms with Gasteiger partial charge < -0.3 is 10.6 Å². The van der Waals surface area contributed by atoms with Crippen molar-refractivity contribution in [3.8, 4) is 0 Å². The van der Waals surface area contributed by atoms with Crippen molar-refractivity contribution in [1.29, 1.82) is 0 Å². The van der Waals surface area contributed by atoms with E-state index in [1.54, 1.807) is 17.5 Å². The van der Waals surface area contributed by atoms with Gasteiger partial charge in [0, 0.05) is 30.0 Å². The van der Waals surface area contributed by atoms with E-state index in [9.17, 15) is 0 Å². The fourth-order valence-electron chi connectivity index (χ4n) is 2.58. The first-order valence-corrected chi connectivity index (χ1v) is 9.54. The molecule has 3 rings (SSSR count). The van der Waals surface area contributed by atoms with Crippen molar-refractivity contribution >= 4 is 41.3 Å². The van der Waals surface area contributed by atoms with Crippen molar-refractivity contribution < 1.29 is 0 Å². The van der Waals surface area contributed by atoms with Gasteiger partial charge in [-0.2, -0.15) is 5.10 Å². The highest BCUT2D eigenvalue weighted by atomic mass is 127. The summed E-state index contributed by atoms with van der Waals surface area (Å²) in [5, 5.41) is 12.0.